The van der Waals surface area contributed by atoms with Gasteiger partial charge in [0.05, 0.1) is 18.4 Å². The molecule has 0 bridgehead atoms. The second-order valence-electron chi connectivity index (χ2n) is 5.13. The predicted octanol–water partition coefficient (Wildman–Crippen LogP) is 2.31. The molecular formula is C16H24N2O3. The smallest absolute Gasteiger partial charge is 0.253 e. The maximum atomic E-state index is 12.5. The first-order valence-corrected chi connectivity index (χ1v) is 7.58. The summed E-state index contributed by atoms with van der Waals surface area (Å²) in [5.74, 6) is 0.656. The van der Waals surface area contributed by atoms with Gasteiger partial charge in [0, 0.05) is 25.3 Å². The molecule has 1 aliphatic rings. The van der Waals surface area contributed by atoms with Crippen LogP contribution >= 0.6 is 0 Å². The molecule has 2 N–H and O–H groups in total. The van der Waals surface area contributed by atoms with Gasteiger partial charge in [-0.1, -0.05) is 0 Å². The molecule has 1 amide bonds. The van der Waals surface area contributed by atoms with Crippen molar-refractivity contribution in [2.75, 3.05) is 32.0 Å². The van der Waals surface area contributed by atoms with Gasteiger partial charge in [-0.05, 0) is 44.9 Å². The third-order valence-corrected chi connectivity index (χ3v) is 3.69. The number of amides is 1. The number of hydrogen-bond acceptors (Lipinski definition) is 4. The number of carbonyl (C=O) groups excluding carboxylic acids is 1. The summed E-state index contributed by atoms with van der Waals surface area (Å²) >= 11 is 0. The van der Waals surface area contributed by atoms with Crippen LogP contribution in [0.15, 0.2) is 18.2 Å². The highest BCUT2D eigenvalue weighted by Crippen LogP contribution is 2.24. The minimum Gasteiger partial charge on any atom is -0.492 e. The van der Waals surface area contributed by atoms with Crippen LogP contribution in [0.5, 0.6) is 5.75 Å². The Balaban J connectivity index is 1.99. The van der Waals surface area contributed by atoms with Gasteiger partial charge in [0.2, 0.25) is 0 Å². The Morgan fingerprint density at radius 2 is 2.00 bits per heavy atom. The van der Waals surface area contributed by atoms with Gasteiger partial charge in [-0.25, -0.2) is 0 Å². The Kier molecular flexibility index (Phi) is 5.44. The van der Waals surface area contributed by atoms with E-state index in [-0.39, 0.29) is 12.0 Å². The molecule has 5 heteroatoms. The number of benzene rings is 1. The number of hydrogen-bond donors (Lipinski definition) is 1. The normalized spacial score (nSPS) is 16.0. The fourth-order valence-electron chi connectivity index (χ4n) is 2.61. The minimum atomic E-state index is 0.0275. The fourth-order valence-corrected chi connectivity index (χ4v) is 2.61. The SMILES string of the molecule is CCOc1ccc(C(=O)N2CCC(OCC)CC2)cc1N. The van der Waals surface area contributed by atoms with E-state index in [0.717, 1.165) is 32.5 Å². The zero-order valence-electron chi connectivity index (χ0n) is 12.8. The molecule has 0 aliphatic carbocycles. The van der Waals surface area contributed by atoms with E-state index in [1.54, 1.807) is 18.2 Å². The van der Waals surface area contributed by atoms with Crippen LogP contribution in [0.1, 0.15) is 37.0 Å². The molecule has 0 spiro atoms. The molecule has 1 aromatic rings. The van der Waals surface area contributed by atoms with Gasteiger partial charge in [0.15, 0.2) is 0 Å². The van der Waals surface area contributed by atoms with Crippen LogP contribution < -0.4 is 10.5 Å². The summed E-state index contributed by atoms with van der Waals surface area (Å²) in [5.41, 5.74) is 7.04. The molecule has 0 radical (unpaired) electrons. The van der Waals surface area contributed by atoms with Crippen molar-refractivity contribution in [3.8, 4) is 5.75 Å². The summed E-state index contributed by atoms with van der Waals surface area (Å²) in [6.45, 7) is 6.66. The Labute approximate surface area is 126 Å². The number of anilines is 1. The third kappa shape index (κ3) is 3.88. The Morgan fingerprint density at radius 1 is 1.29 bits per heavy atom. The van der Waals surface area contributed by atoms with Gasteiger partial charge in [-0.3, -0.25) is 4.79 Å². The van der Waals surface area contributed by atoms with E-state index >= 15 is 0 Å². The lowest BCUT2D eigenvalue weighted by Gasteiger charge is -2.31. The molecule has 0 unspecified atom stereocenters. The first-order valence-electron chi connectivity index (χ1n) is 7.58. The van der Waals surface area contributed by atoms with Crippen LogP contribution in [0.4, 0.5) is 5.69 Å². The van der Waals surface area contributed by atoms with Crippen molar-refractivity contribution in [1.82, 2.24) is 4.90 Å². The Bertz CT molecular complexity index is 482. The summed E-state index contributed by atoms with van der Waals surface area (Å²) in [6, 6.07) is 5.24. The van der Waals surface area contributed by atoms with Crippen molar-refractivity contribution in [3.63, 3.8) is 0 Å². The Hall–Kier alpha value is -1.75. The van der Waals surface area contributed by atoms with E-state index in [0.29, 0.717) is 23.6 Å². The molecule has 21 heavy (non-hydrogen) atoms. The van der Waals surface area contributed by atoms with Crippen molar-refractivity contribution in [2.45, 2.75) is 32.8 Å². The van der Waals surface area contributed by atoms with Crippen molar-refractivity contribution in [3.05, 3.63) is 23.8 Å². The molecule has 0 saturated carbocycles. The summed E-state index contributed by atoms with van der Waals surface area (Å²) in [4.78, 5) is 14.3. The summed E-state index contributed by atoms with van der Waals surface area (Å²) in [7, 11) is 0. The van der Waals surface area contributed by atoms with Crippen LogP contribution in [0.25, 0.3) is 0 Å². The number of likely N-dealkylation sites (tertiary alicyclic amines) is 1. The van der Waals surface area contributed by atoms with Gasteiger partial charge in [0.25, 0.3) is 5.91 Å². The topological polar surface area (TPSA) is 64.8 Å². The van der Waals surface area contributed by atoms with Gasteiger partial charge in [-0.15, -0.1) is 0 Å². The molecule has 1 fully saturated rings. The molecule has 1 saturated heterocycles. The molecule has 1 heterocycles. The van der Waals surface area contributed by atoms with Gasteiger partial charge in [0.1, 0.15) is 5.75 Å². The first-order chi connectivity index (χ1) is 10.2. The number of carbonyl (C=O) groups is 1. The molecule has 116 valence electrons. The molecule has 0 atom stereocenters. The number of rotatable bonds is 5. The van der Waals surface area contributed by atoms with E-state index in [1.165, 1.54) is 0 Å². The molecule has 5 nitrogen and oxygen atoms in total. The molecule has 1 aliphatic heterocycles. The van der Waals surface area contributed by atoms with Crippen LogP contribution in [0.3, 0.4) is 0 Å². The zero-order valence-corrected chi connectivity index (χ0v) is 12.8. The van der Waals surface area contributed by atoms with E-state index in [4.69, 9.17) is 15.2 Å². The van der Waals surface area contributed by atoms with Crippen molar-refractivity contribution in [2.24, 2.45) is 0 Å². The van der Waals surface area contributed by atoms with E-state index in [9.17, 15) is 4.79 Å². The largest absolute Gasteiger partial charge is 0.492 e. The third-order valence-electron chi connectivity index (χ3n) is 3.69. The minimum absolute atomic E-state index is 0.0275. The second kappa shape index (κ2) is 7.31. The molecule has 0 aromatic heterocycles. The number of ether oxygens (including phenoxy) is 2. The lowest BCUT2D eigenvalue weighted by molar-refractivity contribution is 0.0146. The van der Waals surface area contributed by atoms with Crippen LogP contribution in [0, 0.1) is 0 Å². The molecule has 2 rings (SSSR count). The van der Waals surface area contributed by atoms with Crippen LogP contribution in [-0.4, -0.2) is 43.2 Å². The van der Waals surface area contributed by atoms with Crippen molar-refractivity contribution in [1.29, 1.82) is 0 Å². The molecule has 1 aromatic carbocycles. The average molecular weight is 292 g/mol. The van der Waals surface area contributed by atoms with E-state index in [2.05, 4.69) is 0 Å². The predicted molar refractivity (Wildman–Crippen MR) is 82.6 cm³/mol. The van der Waals surface area contributed by atoms with Crippen molar-refractivity contribution >= 4 is 11.6 Å². The number of piperidine rings is 1. The number of nitrogens with two attached hydrogens (primary N) is 1. The molecular weight excluding hydrogens is 268 g/mol. The standard InChI is InChI=1S/C16H24N2O3/c1-3-20-13-7-9-18(10-8-13)16(19)12-5-6-15(21-4-2)14(17)11-12/h5-6,11,13H,3-4,7-10,17H2,1-2H3. The lowest BCUT2D eigenvalue weighted by atomic mass is 10.1. The fraction of sp³-hybridized carbons (Fsp3) is 0.562. The van der Waals surface area contributed by atoms with Crippen LogP contribution in [0.2, 0.25) is 0 Å². The summed E-state index contributed by atoms with van der Waals surface area (Å²) in [5, 5.41) is 0. The zero-order chi connectivity index (χ0) is 15.2. The monoisotopic (exact) mass is 292 g/mol. The van der Waals surface area contributed by atoms with E-state index in [1.807, 2.05) is 18.7 Å². The quantitative estimate of drug-likeness (QED) is 0.846. The van der Waals surface area contributed by atoms with Crippen LogP contribution in [-0.2, 0) is 4.74 Å². The number of nitrogens with zero attached hydrogens (tertiary/aromatic N) is 1. The maximum Gasteiger partial charge on any atom is 0.253 e. The van der Waals surface area contributed by atoms with E-state index < -0.39 is 0 Å². The highest BCUT2D eigenvalue weighted by molar-refractivity contribution is 5.95. The summed E-state index contributed by atoms with van der Waals surface area (Å²) < 4.78 is 11.0. The highest BCUT2D eigenvalue weighted by atomic mass is 16.5. The van der Waals surface area contributed by atoms with Gasteiger partial charge >= 0.3 is 0 Å². The maximum absolute atomic E-state index is 12.5. The first kappa shape index (κ1) is 15.6. The summed E-state index contributed by atoms with van der Waals surface area (Å²) in [6.07, 6.45) is 2.07. The van der Waals surface area contributed by atoms with Gasteiger partial charge in [-0.2, -0.15) is 0 Å². The second-order valence-corrected chi connectivity index (χ2v) is 5.13. The van der Waals surface area contributed by atoms with Crippen molar-refractivity contribution < 1.29 is 14.3 Å². The Morgan fingerprint density at radius 3 is 2.57 bits per heavy atom. The van der Waals surface area contributed by atoms with Gasteiger partial charge < -0.3 is 20.1 Å². The average Bonchev–Trinajstić information content (AvgIpc) is 2.50. The number of nitrogen functional groups attached to an aromatic ring is 1. The highest BCUT2D eigenvalue weighted by Gasteiger charge is 2.24. The lowest BCUT2D eigenvalue weighted by Crippen LogP contribution is -2.40.